The maximum Gasteiger partial charge on any atom is 0.113 e. The number of likely N-dealkylation sites (N-methyl/N-ethyl adjacent to an activating group) is 1. The number of amidine groups is 1. The molecule has 3 heterocycles. The summed E-state index contributed by atoms with van der Waals surface area (Å²) in [5, 5.41) is 0. The third-order valence-electron chi connectivity index (χ3n) is 9.08. The fraction of sp³-hybridized carbons (Fsp3) is 0.324. The molecule has 3 aliphatic heterocycles. The number of benzene rings is 3. The van der Waals surface area contributed by atoms with Crippen molar-refractivity contribution in [2.45, 2.75) is 38.6 Å². The van der Waals surface area contributed by atoms with Crippen molar-refractivity contribution in [1.82, 2.24) is 9.80 Å². The molecule has 0 aromatic heterocycles. The number of piperazine rings is 1. The second-order valence-electron chi connectivity index (χ2n) is 11.7. The van der Waals surface area contributed by atoms with Gasteiger partial charge in [-0.05, 0) is 55.1 Å². The first-order valence-electron chi connectivity index (χ1n) is 15.1. The van der Waals surface area contributed by atoms with E-state index in [1.54, 1.807) is 0 Å². The molecule has 0 spiro atoms. The third kappa shape index (κ3) is 5.54. The van der Waals surface area contributed by atoms with Gasteiger partial charge in [0.1, 0.15) is 5.84 Å². The largest absolute Gasteiger partial charge is 0.357 e. The van der Waals surface area contributed by atoms with Crippen molar-refractivity contribution in [2.75, 3.05) is 38.1 Å². The van der Waals surface area contributed by atoms with Gasteiger partial charge in [-0.25, -0.2) is 4.99 Å². The molecule has 0 saturated carbocycles. The van der Waals surface area contributed by atoms with Gasteiger partial charge in [0.15, 0.2) is 0 Å². The summed E-state index contributed by atoms with van der Waals surface area (Å²) in [6.45, 7) is 14.1. The van der Waals surface area contributed by atoms with Gasteiger partial charge < -0.3 is 14.7 Å². The minimum atomic E-state index is 0.187. The average molecular weight is 543 g/mol. The molecule has 210 valence electrons. The maximum absolute atomic E-state index is 5.48. The number of anilines is 1. The Kier molecular flexibility index (Phi) is 7.93. The summed E-state index contributed by atoms with van der Waals surface area (Å²) in [7, 11) is 2.22. The predicted octanol–water partition coefficient (Wildman–Crippen LogP) is 7.91. The first-order chi connectivity index (χ1) is 20.0. The van der Waals surface area contributed by atoms with E-state index >= 15 is 0 Å². The van der Waals surface area contributed by atoms with Crippen LogP contribution in [0.25, 0.3) is 0 Å². The quantitative estimate of drug-likeness (QED) is 0.296. The van der Waals surface area contributed by atoms with Crippen LogP contribution in [0.1, 0.15) is 48.8 Å². The second-order valence-corrected chi connectivity index (χ2v) is 11.7. The van der Waals surface area contributed by atoms with Crippen LogP contribution in [0.15, 0.2) is 120 Å². The topological polar surface area (TPSA) is 22.1 Å². The lowest BCUT2D eigenvalue weighted by molar-refractivity contribution is 0.209. The zero-order valence-corrected chi connectivity index (χ0v) is 24.7. The van der Waals surface area contributed by atoms with Gasteiger partial charge in [0, 0.05) is 61.5 Å². The molecule has 4 heteroatoms. The van der Waals surface area contributed by atoms with E-state index in [1.807, 2.05) is 0 Å². The molecule has 0 N–H and O–H groups in total. The Balaban J connectivity index is 1.41. The summed E-state index contributed by atoms with van der Waals surface area (Å²) >= 11 is 0. The molecule has 41 heavy (non-hydrogen) atoms. The maximum atomic E-state index is 5.48. The van der Waals surface area contributed by atoms with Crippen molar-refractivity contribution in [3.63, 3.8) is 0 Å². The minimum Gasteiger partial charge on any atom is -0.357 e. The molecule has 1 saturated heterocycles. The first kappa shape index (κ1) is 27.3. The highest BCUT2D eigenvalue weighted by Crippen LogP contribution is 2.53. The zero-order chi connectivity index (χ0) is 28.3. The second kappa shape index (κ2) is 11.9. The van der Waals surface area contributed by atoms with Gasteiger partial charge in [0.25, 0.3) is 0 Å². The van der Waals surface area contributed by atoms with Gasteiger partial charge >= 0.3 is 0 Å². The molecule has 0 radical (unpaired) electrons. The van der Waals surface area contributed by atoms with Crippen molar-refractivity contribution in [3.8, 4) is 0 Å². The number of aliphatic imine (C=N–C) groups is 1. The van der Waals surface area contributed by atoms with E-state index in [1.165, 1.54) is 39.5 Å². The smallest absolute Gasteiger partial charge is 0.113 e. The van der Waals surface area contributed by atoms with E-state index in [0.717, 1.165) is 44.8 Å². The monoisotopic (exact) mass is 542 g/mol. The highest BCUT2D eigenvalue weighted by Gasteiger charge is 2.42. The molecular weight excluding hydrogens is 500 g/mol. The van der Waals surface area contributed by atoms with Gasteiger partial charge in [-0.15, -0.1) is 0 Å². The van der Waals surface area contributed by atoms with E-state index in [9.17, 15) is 0 Å². The summed E-state index contributed by atoms with van der Waals surface area (Å²) in [5.74, 6) is 2.05. The van der Waals surface area contributed by atoms with Crippen LogP contribution in [0.2, 0.25) is 0 Å². The first-order valence-corrected chi connectivity index (χ1v) is 15.1. The van der Waals surface area contributed by atoms with Gasteiger partial charge in [0.05, 0.1) is 5.69 Å². The molecule has 0 amide bonds. The summed E-state index contributed by atoms with van der Waals surface area (Å²) in [5.41, 5.74) is 8.93. The van der Waals surface area contributed by atoms with Crippen molar-refractivity contribution in [2.24, 2.45) is 10.9 Å². The van der Waals surface area contributed by atoms with Crippen LogP contribution in [-0.4, -0.2) is 48.9 Å². The summed E-state index contributed by atoms with van der Waals surface area (Å²) in [6, 6.07) is 28.2. The number of allylic oxidation sites excluding steroid dienone is 4. The molecule has 6 rings (SSSR count). The zero-order valence-electron chi connectivity index (χ0n) is 24.7. The Hall–Kier alpha value is -3.89. The number of hydrogen-bond acceptors (Lipinski definition) is 4. The lowest BCUT2D eigenvalue weighted by atomic mass is 9.72. The number of nitrogens with zero attached hydrogens (tertiary/aromatic N) is 4. The van der Waals surface area contributed by atoms with Crippen LogP contribution in [0.4, 0.5) is 11.4 Å². The fourth-order valence-corrected chi connectivity index (χ4v) is 6.70. The van der Waals surface area contributed by atoms with Crippen molar-refractivity contribution >= 4 is 17.2 Å². The van der Waals surface area contributed by atoms with E-state index in [4.69, 9.17) is 4.99 Å². The van der Waals surface area contributed by atoms with Crippen LogP contribution in [0.5, 0.6) is 0 Å². The lowest BCUT2D eigenvalue weighted by Crippen LogP contribution is -2.51. The molecule has 0 bridgehead atoms. The standard InChI is InChI=1S/C37H42N4/c1-5-30(20-19-27(2)31-15-10-7-11-16-31)35-32-25-28(3)41(26-29-13-8-6-9-14-29)34-18-12-17-33(36(32)34)38-37(35)40-23-21-39(4)22-24-40/h5-20,27,32,35H,3,21-26H2,1-2,4H3/b20-19-,30-5+/t27?,32-,35+/m1/s1. The normalized spacial score (nSPS) is 22.1. The summed E-state index contributed by atoms with van der Waals surface area (Å²) in [6.07, 6.45) is 7.98. The van der Waals surface area contributed by atoms with Crippen LogP contribution in [-0.2, 0) is 6.54 Å². The van der Waals surface area contributed by atoms with Crippen LogP contribution >= 0.6 is 0 Å². The lowest BCUT2D eigenvalue weighted by Gasteiger charge is -2.46. The van der Waals surface area contributed by atoms with Crippen LogP contribution in [0.3, 0.4) is 0 Å². The van der Waals surface area contributed by atoms with Crippen LogP contribution < -0.4 is 4.90 Å². The molecule has 3 aromatic carbocycles. The van der Waals surface area contributed by atoms with Gasteiger partial charge in [-0.1, -0.05) is 98.5 Å². The molecule has 0 aliphatic carbocycles. The van der Waals surface area contributed by atoms with E-state index in [0.29, 0.717) is 11.8 Å². The Morgan fingerprint density at radius 1 is 0.951 bits per heavy atom. The van der Waals surface area contributed by atoms with E-state index < -0.39 is 0 Å². The van der Waals surface area contributed by atoms with Crippen LogP contribution in [0, 0.1) is 5.92 Å². The number of hydrogen-bond donors (Lipinski definition) is 0. The molecular formula is C37H42N4. The molecule has 1 unspecified atom stereocenters. The molecule has 3 aliphatic rings. The molecule has 3 atom stereocenters. The fourth-order valence-electron chi connectivity index (χ4n) is 6.70. The average Bonchev–Trinajstić information content (AvgIpc) is 3.01. The number of rotatable bonds is 6. The minimum absolute atomic E-state index is 0.187. The molecule has 3 aromatic rings. The predicted molar refractivity (Wildman–Crippen MR) is 173 cm³/mol. The highest BCUT2D eigenvalue weighted by molar-refractivity contribution is 5.95. The van der Waals surface area contributed by atoms with E-state index in [2.05, 4.69) is 139 Å². The SMILES string of the molecule is C=C1C[C@H]2c3c(cccc3N1Cc1ccccc1)N=C(N1CCN(C)CC1)[C@H]2C(/C=C\C(C)c1ccccc1)=C/C. The van der Waals surface area contributed by atoms with Crippen molar-refractivity contribution in [1.29, 1.82) is 0 Å². The molecule has 1 fully saturated rings. The third-order valence-corrected chi connectivity index (χ3v) is 9.08. The highest BCUT2D eigenvalue weighted by atomic mass is 15.3. The van der Waals surface area contributed by atoms with E-state index in [-0.39, 0.29) is 5.92 Å². The Labute approximate surface area is 246 Å². The van der Waals surface area contributed by atoms with Gasteiger partial charge in [-0.3, -0.25) is 0 Å². The van der Waals surface area contributed by atoms with Gasteiger partial charge in [0.2, 0.25) is 0 Å². The Bertz CT molecular complexity index is 1460. The Morgan fingerprint density at radius 3 is 2.37 bits per heavy atom. The Morgan fingerprint density at radius 2 is 1.66 bits per heavy atom. The van der Waals surface area contributed by atoms with Gasteiger partial charge in [-0.2, -0.15) is 0 Å². The summed E-state index contributed by atoms with van der Waals surface area (Å²) < 4.78 is 0. The van der Waals surface area contributed by atoms with Crippen molar-refractivity contribution in [3.05, 3.63) is 132 Å². The van der Waals surface area contributed by atoms with Crippen molar-refractivity contribution < 1.29 is 0 Å². The molecule has 4 nitrogen and oxygen atoms in total. The summed E-state index contributed by atoms with van der Waals surface area (Å²) in [4.78, 5) is 12.9.